The van der Waals surface area contributed by atoms with E-state index in [0.717, 1.165) is 0 Å². The number of hydrogen-bond acceptors (Lipinski definition) is 2. The van der Waals surface area contributed by atoms with E-state index in [0.29, 0.717) is 17.0 Å². The van der Waals surface area contributed by atoms with E-state index in [2.05, 4.69) is 4.98 Å². The highest BCUT2D eigenvalue weighted by atomic mass is 19.1. The van der Waals surface area contributed by atoms with Gasteiger partial charge < -0.3 is 5.11 Å². The highest BCUT2D eigenvalue weighted by Gasteiger charge is 2.04. The van der Waals surface area contributed by atoms with Crippen molar-refractivity contribution < 1.29 is 9.50 Å². The zero-order valence-corrected chi connectivity index (χ0v) is 8.02. The predicted octanol–water partition coefficient (Wildman–Crippen LogP) is 2.92. The molecule has 0 aliphatic rings. The van der Waals surface area contributed by atoms with Crippen molar-refractivity contribution in [2.75, 3.05) is 0 Å². The molecule has 2 rings (SSSR count). The van der Waals surface area contributed by atoms with Gasteiger partial charge in [-0.25, -0.2) is 9.37 Å². The van der Waals surface area contributed by atoms with Crippen molar-refractivity contribution in [3.8, 4) is 17.0 Å². The van der Waals surface area contributed by atoms with Crippen molar-refractivity contribution in [1.82, 2.24) is 4.98 Å². The van der Waals surface area contributed by atoms with Crippen molar-refractivity contribution >= 4 is 0 Å². The SMILES string of the molecule is Oc1ccccc1-c1cccc(CF)n1. The van der Waals surface area contributed by atoms with Gasteiger partial charge >= 0.3 is 0 Å². The lowest BCUT2D eigenvalue weighted by Crippen LogP contribution is -1.89. The molecule has 1 aromatic heterocycles. The van der Waals surface area contributed by atoms with Crippen LogP contribution in [0.25, 0.3) is 11.3 Å². The number of alkyl halides is 1. The smallest absolute Gasteiger partial charge is 0.131 e. The Bertz CT molecular complexity index is 471. The number of aromatic hydroxyl groups is 1. The fourth-order valence-corrected chi connectivity index (χ4v) is 1.39. The molecule has 0 amide bonds. The maximum absolute atomic E-state index is 12.4. The average molecular weight is 203 g/mol. The first-order chi connectivity index (χ1) is 7.31. The van der Waals surface area contributed by atoms with Crippen LogP contribution in [0.4, 0.5) is 4.39 Å². The average Bonchev–Trinajstić information content (AvgIpc) is 2.30. The summed E-state index contributed by atoms with van der Waals surface area (Å²) in [5.41, 5.74) is 1.58. The Morgan fingerprint density at radius 1 is 1.07 bits per heavy atom. The monoisotopic (exact) mass is 203 g/mol. The second-order valence-corrected chi connectivity index (χ2v) is 3.16. The highest BCUT2D eigenvalue weighted by molar-refractivity contribution is 5.66. The Morgan fingerprint density at radius 3 is 2.60 bits per heavy atom. The Hall–Kier alpha value is -1.90. The van der Waals surface area contributed by atoms with Crippen LogP contribution in [0.5, 0.6) is 5.75 Å². The second-order valence-electron chi connectivity index (χ2n) is 3.16. The van der Waals surface area contributed by atoms with Crippen molar-refractivity contribution in [3.05, 3.63) is 48.2 Å². The van der Waals surface area contributed by atoms with Crippen LogP contribution < -0.4 is 0 Å². The fraction of sp³-hybridized carbons (Fsp3) is 0.0833. The van der Waals surface area contributed by atoms with E-state index in [4.69, 9.17) is 0 Å². The number of nitrogens with zero attached hydrogens (tertiary/aromatic N) is 1. The number of hydrogen-bond donors (Lipinski definition) is 1. The number of aromatic nitrogens is 1. The van der Waals surface area contributed by atoms with Crippen LogP contribution >= 0.6 is 0 Å². The molecule has 0 saturated heterocycles. The summed E-state index contributed by atoms with van der Waals surface area (Å²) in [4.78, 5) is 4.09. The van der Waals surface area contributed by atoms with Gasteiger partial charge in [-0.05, 0) is 24.3 Å². The normalized spacial score (nSPS) is 10.2. The van der Waals surface area contributed by atoms with E-state index in [-0.39, 0.29) is 5.75 Å². The molecular formula is C12H10FNO. The van der Waals surface area contributed by atoms with E-state index < -0.39 is 6.67 Å². The summed E-state index contributed by atoms with van der Waals surface area (Å²) < 4.78 is 12.4. The summed E-state index contributed by atoms with van der Waals surface area (Å²) in [5.74, 6) is 0.154. The molecule has 0 aliphatic carbocycles. The molecule has 1 N–H and O–H groups in total. The van der Waals surface area contributed by atoms with Gasteiger partial charge in [0.1, 0.15) is 12.4 Å². The topological polar surface area (TPSA) is 33.1 Å². The molecule has 0 spiro atoms. The first-order valence-electron chi connectivity index (χ1n) is 4.61. The van der Waals surface area contributed by atoms with Crippen LogP contribution in [0, 0.1) is 0 Å². The van der Waals surface area contributed by atoms with Gasteiger partial charge in [0.2, 0.25) is 0 Å². The quantitative estimate of drug-likeness (QED) is 0.814. The molecule has 0 fully saturated rings. The molecule has 0 bridgehead atoms. The van der Waals surface area contributed by atoms with Gasteiger partial charge in [-0.15, -0.1) is 0 Å². The molecule has 0 atom stereocenters. The van der Waals surface area contributed by atoms with Crippen LogP contribution in [0.2, 0.25) is 0 Å². The lowest BCUT2D eigenvalue weighted by atomic mass is 10.1. The Balaban J connectivity index is 2.49. The minimum Gasteiger partial charge on any atom is -0.507 e. The van der Waals surface area contributed by atoms with Crippen LogP contribution in [0.1, 0.15) is 5.69 Å². The van der Waals surface area contributed by atoms with E-state index in [9.17, 15) is 9.50 Å². The van der Waals surface area contributed by atoms with Crippen molar-refractivity contribution in [1.29, 1.82) is 0 Å². The van der Waals surface area contributed by atoms with Gasteiger partial charge in [-0.2, -0.15) is 0 Å². The summed E-state index contributed by atoms with van der Waals surface area (Å²) >= 11 is 0. The van der Waals surface area contributed by atoms with Gasteiger partial charge in [0.05, 0.1) is 11.4 Å². The van der Waals surface area contributed by atoms with Gasteiger partial charge in [-0.1, -0.05) is 18.2 Å². The maximum Gasteiger partial charge on any atom is 0.131 e. The summed E-state index contributed by atoms with van der Waals surface area (Å²) in [6.07, 6.45) is 0. The van der Waals surface area contributed by atoms with E-state index >= 15 is 0 Å². The first kappa shape index (κ1) is 9.65. The Kier molecular flexibility index (Phi) is 2.63. The van der Waals surface area contributed by atoms with Crippen LogP contribution in [-0.2, 0) is 6.67 Å². The number of pyridine rings is 1. The van der Waals surface area contributed by atoms with E-state index in [1.165, 1.54) is 0 Å². The van der Waals surface area contributed by atoms with Crippen LogP contribution in [-0.4, -0.2) is 10.1 Å². The van der Waals surface area contributed by atoms with Gasteiger partial charge in [0.15, 0.2) is 0 Å². The molecule has 2 nitrogen and oxygen atoms in total. The predicted molar refractivity (Wildman–Crippen MR) is 56.1 cm³/mol. The fourth-order valence-electron chi connectivity index (χ4n) is 1.39. The van der Waals surface area contributed by atoms with Crippen molar-refractivity contribution in [3.63, 3.8) is 0 Å². The number of rotatable bonds is 2. The highest BCUT2D eigenvalue weighted by Crippen LogP contribution is 2.26. The zero-order chi connectivity index (χ0) is 10.7. The molecule has 1 aromatic carbocycles. The molecule has 0 aliphatic heterocycles. The number of phenolic OH excluding ortho intramolecular Hbond substituents is 1. The standard InChI is InChI=1S/C12H10FNO/c13-8-9-4-3-6-11(14-9)10-5-1-2-7-12(10)15/h1-7,15H,8H2. The Labute approximate surface area is 87.0 Å². The minimum absolute atomic E-state index is 0.154. The largest absolute Gasteiger partial charge is 0.507 e. The lowest BCUT2D eigenvalue weighted by molar-refractivity contribution is 0.473. The van der Waals surface area contributed by atoms with Crippen molar-refractivity contribution in [2.45, 2.75) is 6.67 Å². The molecule has 2 aromatic rings. The van der Waals surface area contributed by atoms with Gasteiger partial charge in [-0.3, -0.25) is 0 Å². The lowest BCUT2D eigenvalue weighted by Gasteiger charge is -2.04. The summed E-state index contributed by atoms with van der Waals surface area (Å²) in [6, 6.07) is 12.0. The van der Waals surface area contributed by atoms with Gasteiger partial charge in [0.25, 0.3) is 0 Å². The molecule has 76 valence electrons. The first-order valence-corrected chi connectivity index (χ1v) is 4.61. The van der Waals surface area contributed by atoms with Crippen LogP contribution in [0.3, 0.4) is 0 Å². The molecule has 3 heteroatoms. The number of phenols is 1. The van der Waals surface area contributed by atoms with Crippen molar-refractivity contribution in [2.24, 2.45) is 0 Å². The van der Waals surface area contributed by atoms with Crippen LogP contribution in [0.15, 0.2) is 42.5 Å². The van der Waals surface area contributed by atoms with Gasteiger partial charge in [0, 0.05) is 5.56 Å². The minimum atomic E-state index is -0.596. The summed E-state index contributed by atoms with van der Waals surface area (Å²) in [5, 5.41) is 9.59. The molecule has 0 saturated carbocycles. The van der Waals surface area contributed by atoms with E-state index in [1.54, 1.807) is 42.5 Å². The molecule has 1 heterocycles. The third-order valence-electron chi connectivity index (χ3n) is 2.12. The molecule has 15 heavy (non-hydrogen) atoms. The molecule has 0 unspecified atom stereocenters. The number of para-hydroxylation sites is 1. The number of benzene rings is 1. The van der Waals surface area contributed by atoms with E-state index in [1.807, 2.05) is 0 Å². The molecule has 0 radical (unpaired) electrons. The summed E-state index contributed by atoms with van der Waals surface area (Å²) in [6.45, 7) is -0.596. The summed E-state index contributed by atoms with van der Waals surface area (Å²) in [7, 11) is 0. The maximum atomic E-state index is 12.4. The molecular weight excluding hydrogens is 193 g/mol. The zero-order valence-electron chi connectivity index (χ0n) is 8.02. The number of halogens is 1. The third kappa shape index (κ3) is 1.96. The second kappa shape index (κ2) is 4.09. The Morgan fingerprint density at radius 2 is 1.87 bits per heavy atom. The third-order valence-corrected chi connectivity index (χ3v) is 2.12.